The van der Waals surface area contributed by atoms with Gasteiger partial charge in [-0.25, -0.2) is 4.99 Å². The van der Waals surface area contributed by atoms with Gasteiger partial charge in [-0.1, -0.05) is 11.6 Å². The molecule has 2 aromatic carbocycles. The lowest BCUT2D eigenvalue weighted by atomic mass is 9.95. The monoisotopic (exact) mass is 460 g/mol. The van der Waals surface area contributed by atoms with Gasteiger partial charge >= 0.3 is 6.61 Å². The van der Waals surface area contributed by atoms with Crippen molar-refractivity contribution in [2.45, 2.75) is 32.3 Å². The smallest absolute Gasteiger partial charge is 0.387 e. The van der Waals surface area contributed by atoms with Crippen molar-refractivity contribution in [3.63, 3.8) is 0 Å². The van der Waals surface area contributed by atoms with Gasteiger partial charge in [0.15, 0.2) is 0 Å². The lowest BCUT2D eigenvalue weighted by Gasteiger charge is -2.12. The minimum Gasteiger partial charge on any atom is -0.435 e. The Morgan fingerprint density at radius 1 is 1.10 bits per heavy atom. The number of thiophene rings is 1. The van der Waals surface area contributed by atoms with Gasteiger partial charge in [-0.2, -0.15) is 8.78 Å². The Hall–Kier alpha value is -2.77. The molecule has 4 rings (SSSR count). The Morgan fingerprint density at radius 3 is 2.52 bits per heavy atom. The number of nitrogens with one attached hydrogen (secondary N) is 1. The number of carbonyl (C=O) groups excluding carboxylic acids is 1. The second-order valence-electron chi connectivity index (χ2n) is 7.06. The molecule has 0 atom stereocenters. The van der Waals surface area contributed by atoms with Crippen molar-refractivity contribution in [1.82, 2.24) is 0 Å². The van der Waals surface area contributed by atoms with Crippen LogP contribution in [-0.2, 0) is 12.8 Å². The maximum absolute atomic E-state index is 13.1. The van der Waals surface area contributed by atoms with Crippen LogP contribution in [-0.4, -0.2) is 18.7 Å². The molecular formula is C23H19ClF2N2O2S. The summed E-state index contributed by atoms with van der Waals surface area (Å²) in [7, 11) is 0. The summed E-state index contributed by atoms with van der Waals surface area (Å²) in [6.45, 7) is -2.86. The molecule has 0 aliphatic heterocycles. The molecule has 3 aromatic rings. The van der Waals surface area contributed by atoms with Gasteiger partial charge in [0.25, 0.3) is 5.91 Å². The normalized spacial score (nSPS) is 13.4. The number of carbonyl (C=O) groups is 1. The van der Waals surface area contributed by atoms with Gasteiger partial charge in [0.2, 0.25) is 0 Å². The number of halogens is 3. The summed E-state index contributed by atoms with van der Waals surface area (Å²) in [6.07, 6.45) is 5.56. The number of anilines is 1. The molecule has 1 heterocycles. The Labute approximate surface area is 187 Å². The van der Waals surface area contributed by atoms with Crippen LogP contribution in [0, 0.1) is 0 Å². The van der Waals surface area contributed by atoms with E-state index < -0.39 is 6.61 Å². The predicted octanol–water partition coefficient (Wildman–Crippen LogP) is 6.88. The zero-order chi connectivity index (χ0) is 21.8. The molecule has 0 bridgehead atoms. The highest BCUT2D eigenvalue weighted by Gasteiger charge is 2.25. The highest BCUT2D eigenvalue weighted by atomic mass is 35.5. The summed E-state index contributed by atoms with van der Waals surface area (Å²) in [5, 5.41) is 4.18. The van der Waals surface area contributed by atoms with Gasteiger partial charge < -0.3 is 10.1 Å². The molecule has 0 fully saturated rings. The summed E-state index contributed by atoms with van der Waals surface area (Å²) < 4.78 is 29.0. The lowest BCUT2D eigenvalue weighted by molar-refractivity contribution is -0.0498. The number of amides is 1. The van der Waals surface area contributed by atoms with Gasteiger partial charge in [-0.05, 0) is 85.3 Å². The van der Waals surface area contributed by atoms with Crippen molar-refractivity contribution < 1.29 is 18.3 Å². The molecule has 1 aliphatic rings. The third kappa shape index (κ3) is 5.29. The quantitative estimate of drug-likeness (QED) is 0.407. The second kappa shape index (κ2) is 9.58. The lowest BCUT2D eigenvalue weighted by Crippen LogP contribution is -2.14. The molecular weight excluding hydrogens is 442 g/mol. The van der Waals surface area contributed by atoms with Crippen molar-refractivity contribution in [2.24, 2.45) is 4.99 Å². The first-order valence-corrected chi connectivity index (χ1v) is 11.0. The number of fused-ring (bicyclic) bond motifs is 1. The topological polar surface area (TPSA) is 50.7 Å². The minimum atomic E-state index is -2.86. The van der Waals surface area contributed by atoms with Crippen molar-refractivity contribution in [3.8, 4) is 5.75 Å². The Bertz CT molecular complexity index is 1100. The van der Waals surface area contributed by atoms with Crippen molar-refractivity contribution in [1.29, 1.82) is 0 Å². The van der Waals surface area contributed by atoms with Crippen LogP contribution in [0.5, 0.6) is 5.75 Å². The molecule has 160 valence electrons. The van der Waals surface area contributed by atoms with E-state index in [0.717, 1.165) is 36.8 Å². The van der Waals surface area contributed by atoms with E-state index >= 15 is 0 Å². The summed E-state index contributed by atoms with van der Waals surface area (Å²) >= 11 is 7.46. The van der Waals surface area contributed by atoms with Crippen molar-refractivity contribution in [2.75, 3.05) is 5.32 Å². The maximum atomic E-state index is 13.1. The summed E-state index contributed by atoms with van der Waals surface area (Å²) in [5.74, 6) is -0.115. The molecule has 1 aromatic heterocycles. The zero-order valence-electron chi connectivity index (χ0n) is 16.4. The number of rotatable bonds is 6. The molecule has 1 aliphatic carbocycles. The van der Waals surface area contributed by atoms with Crippen LogP contribution in [0.1, 0.15) is 39.2 Å². The molecule has 0 unspecified atom stereocenters. The molecule has 0 saturated carbocycles. The number of benzene rings is 2. The summed E-state index contributed by atoms with van der Waals surface area (Å²) in [6, 6.07) is 13.2. The third-order valence-corrected chi connectivity index (χ3v) is 6.37. The van der Waals surface area contributed by atoms with Crippen LogP contribution >= 0.6 is 22.9 Å². The molecule has 0 radical (unpaired) electrons. The van der Waals surface area contributed by atoms with E-state index in [1.165, 1.54) is 28.3 Å². The van der Waals surface area contributed by atoms with Crippen LogP contribution < -0.4 is 10.1 Å². The molecule has 4 nitrogen and oxygen atoms in total. The summed E-state index contributed by atoms with van der Waals surface area (Å²) in [5.41, 5.74) is 3.05. The van der Waals surface area contributed by atoms with Crippen LogP contribution in [0.2, 0.25) is 5.02 Å². The standard InChI is InChI=1S/C23H19ClF2N2O2S/c24-15-7-9-16(10-8-15)28-21(29)20-18-3-1-2-4-19(18)31-22(20)27-13-14-5-11-17(12-6-14)30-23(25)26/h5-13,23H,1-4H2,(H,28,29). The fraction of sp³-hybridized carbons (Fsp3) is 0.217. The zero-order valence-corrected chi connectivity index (χ0v) is 18.0. The average molecular weight is 461 g/mol. The van der Waals surface area contributed by atoms with E-state index in [1.807, 2.05) is 0 Å². The van der Waals surface area contributed by atoms with E-state index in [-0.39, 0.29) is 11.7 Å². The van der Waals surface area contributed by atoms with E-state index in [9.17, 15) is 13.6 Å². The van der Waals surface area contributed by atoms with Crippen LogP contribution in [0.25, 0.3) is 0 Å². The van der Waals surface area contributed by atoms with E-state index in [4.69, 9.17) is 11.6 Å². The van der Waals surface area contributed by atoms with E-state index in [0.29, 0.717) is 21.3 Å². The molecule has 1 N–H and O–H groups in total. The Kier molecular flexibility index (Phi) is 6.63. The summed E-state index contributed by atoms with van der Waals surface area (Å²) in [4.78, 5) is 18.9. The maximum Gasteiger partial charge on any atom is 0.387 e. The first kappa shape index (κ1) is 21.5. The SMILES string of the molecule is O=C(Nc1ccc(Cl)cc1)c1c(N=Cc2ccc(OC(F)F)cc2)sc2c1CCCC2. The number of hydrogen-bond acceptors (Lipinski definition) is 4. The van der Waals surface area contributed by atoms with Crippen molar-refractivity contribution >= 4 is 45.7 Å². The Balaban J connectivity index is 1.60. The van der Waals surface area contributed by atoms with Crippen LogP contribution in [0.4, 0.5) is 19.5 Å². The van der Waals surface area contributed by atoms with E-state index in [2.05, 4.69) is 15.0 Å². The number of nitrogens with zero attached hydrogens (tertiary/aromatic N) is 1. The van der Waals surface area contributed by atoms with Gasteiger partial charge in [0.1, 0.15) is 10.8 Å². The van der Waals surface area contributed by atoms with Crippen LogP contribution in [0.3, 0.4) is 0 Å². The van der Waals surface area contributed by atoms with Crippen LogP contribution in [0.15, 0.2) is 53.5 Å². The predicted molar refractivity (Wildman–Crippen MR) is 121 cm³/mol. The number of ether oxygens (including phenoxy) is 1. The number of aliphatic imine (C=N–C) groups is 1. The van der Waals surface area contributed by atoms with Gasteiger partial charge in [0, 0.05) is 21.8 Å². The van der Waals surface area contributed by atoms with Gasteiger partial charge in [-0.15, -0.1) is 11.3 Å². The number of hydrogen-bond donors (Lipinski definition) is 1. The van der Waals surface area contributed by atoms with E-state index in [1.54, 1.807) is 42.6 Å². The minimum absolute atomic E-state index is 0.0850. The van der Waals surface area contributed by atoms with Gasteiger partial charge in [0.05, 0.1) is 5.56 Å². The number of alkyl halides is 2. The Morgan fingerprint density at radius 2 is 1.81 bits per heavy atom. The fourth-order valence-electron chi connectivity index (χ4n) is 3.47. The first-order chi connectivity index (χ1) is 15.0. The number of aryl methyl sites for hydroxylation is 1. The third-order valence-electron chi connectivity index (χ3n) is 4.92. The largest absolute Gasteiger partial charge is 0.435 e. The van der Waals surface area contributed by atoms with Gasteiger partial charge in [-0.3, -0.25) is 4.79 Å². The molecule has 31 heavy (non-hydrogen) atoms. The molecule has 0 saturated heterocycles. The highest BCUT2D eigenvalue weighted by molar-refractivity contribution is 7.16. The second-order valence-corrected chi connectivity index (χ2v) is 8.58. The van der Waals surface area contributed by atoms with Crippen molar-refractivity contribution in [3.05, 3.63) is 75.1 Å². The molecule has 1 amide bonds. The highest BCUT2D eigenvalue weighted by Crippen LogP contribution is 2.40. The average Bonchev–Trinajstić information content (AvgIpc) is 3.13. The fourth-order valence-corrected chi connectivity index (χ4v) is 4.83. The molecule has 0 spiro atoms. The first-order valence-electron chi connectivity index (χ1n) is 9.80. The molecule has 8 heteroatoms.